The van der Waals surface area contributed by atoms with Crippen LogP contribution >= 0.6 is 0 Å². The molecular formula is C12H19N3. The van der Waals surface area contributed by atoms with Crippen LogP contribution in [-0.4, -0.2) is 30.6 Å². The molecule has 1 atom stereocenters. The van der Waals surface area contributed by atoms with Crippen LogP contribution in [0.2, 0.25) is 0 Å². The molecule has 1 fully saturated rings. The molecule has 0 radical (unpaired) electrons. The molecule has 0 unspecified atom stereocenters. The molecule has 2 rings (SSSR count). The lowest BCUT2D eigenvalue weighted by atomic mass is 10.1. The van der Waals surface area contributed by atoms with Gasteiger partial charge < -0.3 is 11.1 Å². The summed E-state index contributed by atoms with van der Waals surface area (Å²) in [6.07, 6.45) is 0. The Hall–Kier alpha value is -1.06. The minimum atomic E-state index is 0.611. The Morgan fingerprint density at radius 1 is 1.53 bits per heavy atom. The Kier molecular flexibility index (Phi) is 3.23. The van der Waals surface area contributed by atoms with E-state index in [1.165, 1.54) is 5.56 Å². The van der Waals surface area contributed by atoms with Crippen LogP contribution in [0.4, 0.5) is 5.69 Å². The SMILES string of the molecule is C[C@@H]1CNCCN1Cc1cccc(N)c1. The van der Waals surface area contributed by atoms with Crippen molar-refractivity contribution in [3.05, 3.63) is 29.8 Å². The van der Waals surface area contributed by atoms with Gasteiger partial charge in [0.25, 0.3) is 0 Å². The highest BCUT2D eigenvalue weighted by atomic mass is 15.2. The average Bonchev–Trinajstić information content (AvgIpc) is 2.22. The third kappa shape index (κ3) is 2.70. The zero-order chi connectivity index (χ0) is 10.7. The molecule has 15 heavy (non-hydrogen) atoms. The first-order chi connectivity index (χ1) is 7.25. The lowest BCUT2D eigenvalue weighted by molar-refractivity contribution is 0.165. The largest absolute Gasteiger partial charge is 0.399 e. The molecule has 1 aromatic carbocycles. The van der Waals surface area contributed by atoms with Crippen molar-refractivity contribution in [3.8, 4) is 0 Å². The second kappa shape index (κ2) is 4.64. The van der Waals surface area contributed by atoms with E-state index in [2.05, 4.69) is 29.3 Å². The Balaban J connectivity index is 2.01. The van der Waals surface area contributed by atoms with E-state index in [1.54, 1.807) is 0 Å². The second-order valence-corrected chi connectivity index (χ2v) is 4.27. The van der Waals surface area contributed by atoms with E-state index >= 15 is 0 Å². The van der Waals surface area contributed by atoms with E-state index in [9.17, 15) is 0 Å². The van der Waals surface area contributed by atoms with Crippen LogP contribution in [0, 0.1) is 0 Å². The molecular weight excluding hydrogens is 186 g/mol. The standard InChI is InChI=1S/C12H19N3/c1-10-8-14-5-6-15(10)9-11-3-2-4-12(13)7-11/h2-4,7,10,14H,5-6,8-9,13H2,1H3/t10-/m1/s1. The van der Waals surface area contributed by atoms with Crippen molar-refractivity contribution in [3.63, 3.8) is 0 Å². The van der Waals surface area contributed by atoms with Gasteiger partial charge in [0.1, 0.15) is 0 Å². The van der Waals surface area contributed by atoms with Gasteiger partial charge in [0.15, 0.2) is 0 Å². The molecule has 3 N–H and O–H groups in total. The van der Waals surface area contributed by atoms with Crippen molar-refractivity contribution in [1.82, 2.24) is 10.2 Å². The molecule has 3 heteroatoms. The van der Waals surface area contributed by atoms with Gasteiger partial charge in [0, 0.05) is 37.9 Å². The lowest BCUT2D eigenvalue weighted by Crippen LogP contribution is -2.49. The molecule has 3 nitrogen and oxygen atoms in total. The lowest BCUT2D eigenvalue weighted by Gasteiger charge is -2.33. The summed E-state index contributed by atoms with van der Waals surface area (Å²) in [5.74, 6) is 0. The molecule has 0 amide bonds. The number of hydrogen-bond donors (Lipinski definition) is 2. The fourth-order valence-corrected chi connectivity index (χ4v) is 2.04. The van der Waals surface area contributed by atoms with Crippen molar-refractivity contribution < 1.29 is 0 Å². The summed E-state index contributed by atoms with van der Waals surface area (Å²) >= 11 is 0. The number of anilines is 1. The fraction of sp³-hybridized carbons (Fsp3) is 0.500. The summed E-state index contributed by atoms with van der Waals surface area (Å²) in [6, 6.07) is 8.78. The Bertz CT molecular complexity index is 324. The van der Waals surface area contributed by atoms with E-state index in [0.717, 1.165) is 31.9 Å². The zero-order valence-electron chi connectivity index (χ0n) is 9.24. The van der Waals surface area contributed by atoms with Gasteiger partial charge in [-0.3, -0.25) is 4.90 Å². The van der Waals surface area contributed by atoms with Gasteiger partial charge in [0.05, 0.1) is 0 Å². The average molecular weight is 205 g/mol. The normalized spacial score (nSPS) is 22.9. The predicted molar refractivity (Wildman–Crippen MR) is 63.6 cm³/mol. The van der Waals surface area contributed by atoms with Crippen LogP contribution in [0.1, 0.15) is 12.5 Å². The maximum absolute atomic E-state index is 5.77. The molecule has 1 saturated heterocycles. The first kappa shape index (κ1) is 10.5. The number of piperazine rings is 1. The first-order valence-corrected chi connectivity index (χ1v) is 5.55. The predicted octanol–water partition coefficient (Wildman–Crippen LogP) is 1.06. The van der Waals surface area contributed by atoms with E-state index in [4.69, 9.17) is 5.73 Å². The second-order valence-electron chi connectivity index (χ2n) is 4.27. The van der Waals surface area contributed by atoms with Gasteiger partial charge in [-0.15, -0.1) is 0 Å². The molecule has 0 saturated carbocycles. The Morgan fingerprint density at radius 3 is 3.13 bits per heavy atom. The zero-order valence-corrected chi connectivity index (χ0v) is 9.24. The fourth-order valence-electron chi connectivity index (χ4n) is 2.04. The minimum Gasteiger partial charge on any atom is -0.399 e. The highest BCUT2D eigenvalue weighted by Gasteiger charge is 2.17. The van der Waals surface area contributed by atoms with E-state index < -0.39 is 0 Å². The Labute approximate surface area is 91.3 Å². The highest BCUT2D eigenvalue weighted by Crippen LogP contribution is 2.12. The summed E-state index contributed by atoms with van der Waals surface area (Å²) in [5.41, 5.74) is 7.93. The van der Waals surface area contributed by atoms with E-state index in [0.29, 0.717) is 6.04 Å². The molecule has 0 aromatic heterocycles. The van der Waals surface area contributed by atoms with Crippen LogP contribution in [0.5, 0.6) is 0 Å². The third-order valence-electron chi connectivity index (χ3n) is 2.98. The molecule has 1 aliphatic heterocycles. The minimum absolute atomic E-state index is 0.611. The number of rotatable bonds is 2. The van der Waals surface area contributed by atoms with Crippen LogP contribution in [0.25, 0.3) is 0 Å². The van der Waals surface area contributed by atoms with Crippen LogP contribution in [0.15, 0.2) is 24.3 Å². The van der Waals surface area contributed by atoms with E-state index in [-0.39, 0.29) is 0 Å². The Morgan fingerprint density at radius 2 is 2.40 bits per heavy atom. The number of nitrogens with zero attached hydrogens (tertiary/aromatic N) is 1. The molecule has 1 heterocycles. The van der Waals surface area contributed by atoms with Crippen LogP contribution < -0.4 is 11.1 Å². The van der Waals surface area contributed by atoms with Crippen molar-refractivity contribution in [2.45, 2.75) is 19.5 Å². The van der Waals surface area contributed by atoms with Gasteiger partial charge in [0.2, 0.25) is 0 Å². The van der Waals surface area contributed by atoms with Crippen molar-refractivity contribution in [1.29, 1.82) is 0 Å². The maximum atomic E-state index is 5.77. The monoisotopic (exact) mass is 205 g/mol. The molecule has 0 spiro atoms. The molecule has 1 aliphatic rings. The van der Waals surface area contributed by atoms with Gasteiger partial charge in [-0.05, 0) is 24.6 Å². The number of nitrogen functional groups attached to an aromatic ring is 1. The van der Waals surface area contributed by atoms with E-state index in [1.807, 2.05) is 12.1 Å². The van der Waals surface area contributed by atoms with Gasteiger partial charge >= 0.3 is 0 Å². The topological polar surface area (TPSA) is 41.3 Å². The van der Waals surface area contributed by atoms with Crippen LogP contribution in [0.3, 0.4) is 0 Å². The first-order valence-electron chi connectivity index (χ1n) is 5.55. The maximum Gasteiger partial charge on any atom is 0.0317 e. The van der Waals surface area contributed by atoms with Gasteiger partial charge in [-0.25, -0.2) is 0 Å². The van der Waals surface area contributed by atoms with Crippen LogP contribution in [-0.2, 0) is 6.54 Å². The summed E-state index contributed by atoms with van der Waals surface area (Å²) < 4.78 is 0. The smallest absolute Gasteiger partial charge is 0.0317 e. The van der Waals surface area contributed by atoms with Crippen molar-refractivity contribution >= 4 is 5.69 Å². The highest BCUT2D eigenvalue weighted by molar-refractivity contribution is 5.40. The number of nitrogens with one attached hydrogen (secondary N) is 1. The van der Waals surface area contributed by atoms with Crippen molar-refractivity contribution in [2.24, 2.45) is 0 Å². The van der Waals surface area contributed by atoms with Crippen molar-refractivity contribution in [2.75, 3.05) is 25.4 Å². The number of nitrogens with two attached hydrogens (primary N) is 1. The molecule has 82 valence electrons. The summed E-state index contributed by atoms with van der Waals surface area (Å²) in [7, 11) is 0. The summed E-state index contributed by atoms with van der Waals surface area (Å²) in [4.78, 5) is 2.49. The molecule has 1 aromatic rings. The van der Waals surface area contributed by atoms with Gasteiger partial charge in [-0.2, -0.15) is 0 Å². The third-order valence-corrected chi connectivity index (χ3v) is 2.98. The summed E-state index contributed by atoms with van der Waals surface area (Å²) in [6.45, 7) is 6.57. The van der Waals surface area contributed by atoms with Gasteiger partial charge in [-0.1, -0.05) is 12.1 Å². The number of hydrogen-bond acceptors (Lipinski definition) is 3. The molecule has 0 aliphatic carbocycles. The molecule has 0 bridgehead atoms. The quantitative estimate of drug-likeness (QED) is 0.709. The number of benzene rings is 1. The summed E-state index contributed by atoms with van der Waals surface area (Å²) in [5, 5.41) is 3.40.